The molecule has 1 aromatic carbocycles. The molecule has 7 heteroatoms. The van der Waals surface area contributed by atoms with Gasteiger partial charge in [-0.15, -0.1) is 5.10 Å². The molecule has 0 aliphatic carbocycles. The van der Waals surface area contributed by atoms with E-state index in [0.717, 1.165) is 16.8 Å². The number of H-pyrrole nitrogens is 1. The summed E-state index contributed by atoms with van der Waals surface area (Å²) in [6.07, 6.45) is 0.0239. The van der Waals surface area contributed by atoms with Crippen LogP contribution in [0.4, 0.5) is 0 Å². The predicted molar refractivity (Wildman–Crippen MR) is 91.4 cm³/mol. The molecular formula is C18H20N4O3. The van der Waals surface area contributed by atoms with Crippen LogP contribution in [-0.2, 0) is 0 Å². The molecule has 1 unspecified atom stereocenters. The molecule has 0 bridgehead atoms. The van der Waals surface area contributed by atoms with Gasteiger partial charge in [0.1, 0.15) is 11.6 Å². The first-order valence-electron chi connectivity index (χ1n) is 7.93. The van der Waals surface area contributed by atoms with Gasteiger partial charge in [0.15, 0.2) is 11.5 Å². The van der Waals surface area contributed by atoms with Gasteiger partial charge in [-0.3, -0.25) is 5.10 Å². The van der Waals surface area contributed by atoms with Crippen LogP contribution in [0.15, 0.2) is 29.7 Å². The summed E-state index contributed by atoms with van der Waals surface area (Å²) in [4.78, 5) is 0. The van der Waals surface area contributed by atoms with Crippen LogP contribution < -0.4 is 19.9 Å². The quantitative estimate of drug-likeness (QED) is 0.886. The summed E-state index contributed by atoms with van der Waals surface area (Å²) in [6, 6.07) is 7.75. The number of nitrogens with two attached hydrogens (primary N) is 1. The van der Waals surface area contributed by atoms with Gasteiger partial charge in [-0.1, -0.05) is 6.07 Å². The lowest BCUT2D eigenvalue weighted by Gasteiger charge is -2.24. The fourth-order valence-corrected chi connectivity index (χ4v) is 2.95. The van der Waals surface area contributed by atoms with E-state index in [1.807, 2.05) is 39.0 Å². The van der Waals surface area contributed by atoms with Crippen LogP contribution in [0, 0.1) is 18.3 Å². The molecule has 2 aromatic rings. The van der Waals surface area contributed by atoms with Gasteiger partial charge >= 0.3 is 0 Å². The van der Waals surface area contributed by atoms with Crippen molar-refractivity contribution in [3.05, 3.63) is 46.5 Å². The number of fused-ring (bicyclic) bond motifs is 1. The Balaban J connectivity index is 2.14. The molecular weight excluding hydrogens is 320 g/mol. The number of nitrogens with one attached hydrogen (secondary N) is 1. The van der Waals surface area contributed by atoms with E-state index in [4.69, 9.17) is 19.9 Å². The highest BCUT2D eigenvalue weighted by Gasteiger charge is 2.34. The van der Waals surface area contributed by atoms with E-state index in [0.29, 0.717) is 23.0 Å². The normalized spacial score (nSPS) is 16.2. The van der Waals surface area contributed by atoms with Gasteiger partial charge in [-0.2, -0.15) is 5.26 Å². The molecule has 0 saturated carbocycles. The first kappa shape index (κ1) is 16.7. The average molecular weight is 340 g/mol. The van der Waals surface area contributed by atoms with E-state index in [1.54, 1.807) is 7.11 Å². The zero-order chi connectivity index (χ0) is 18.1. The van der Waals surface area contributed by atoms with Crippen molar-refractivity contribution in [1.82, 2.24) is 10.2 Å². The molecule has 130 valence electrons. The van der Waals surface area contributed by atoms with E-state index >= 15 is 0 Å². The maximum Gasteiger partial charge on any atom is 0.244 e. The van der Waals surface area contributed by atoms with Crippen molar-refractivity contribution in [1.29, 1.82) is 5.26 Å². The molecule has 1 aliphatic rings. The lowest BCUT2D eigenvalue weighted by atomic mass is 9.84. The molecule has 0 saturated heterocycles. The van der Waals surface area contributed by atoms with Crippen LogP contribution in [0.2, 0.25) is 0 Å². The molecule has 1 aliphatic heterocycles. The van der Waals surface area contributed by atoms with Gasteiger partial charge in [0.2, 0.25) is 11.8 Å². The highest BCUT2D eigenvalue weighted by Crippen LogP contribution is 2.44. The third-order valence-electron chi connectivity index (χ3n) is 4.01. The van der Waals surface area contributed by atoms with Crippen LogP contribution >= 0.6 is 0 Å². The number of aryl methyl sites for hydroxylation is 1. The Labute approximate surface area is 146 Å². The summed E-state index contributed by atoms with van der Waals surface area (Å²) >= 11 is 0. The van der Waals surface area contributed by atoms with Crippen molar-refractivity contribution in [2.24, 2.45) is 5.73 Å². The summed E-state index contributed by atoms with van der Waals surface area (Å²) in [5, 5.41) is 16.6. The van der Waals surface area contributed by atoms with E-state index in [9.17, 15) is 5.26 Å². The number of nitrogens with zero attached hydrogens (tertiary/aromatic N) is 2. The minimum absolute atomic E-state index is 0.0239. The van der Waals surface area contributed by atoms with Gasteiger partial charge in [0.25, 0.3) is 0 Å². The topological polar surface area (TPSA) is 106 Å². The number of aromatic nitrogens is 2. The average Bonchev–Trinajstić information content (AvgIpc) is 2.94. The van der Waals surface area contributed by atoms with Gasteiger partial charge in [0, 0.05) is 11.3 Å². The van der Waals surface area contributed by atoms with E-state index in [2.05, 4.69) is 16.3 Å². The minimum Gasteiger partial charge on any atom is -0.493 e. The Hall–Kier alpha value is -3.14. The number of benzene rings is 1. The van der Waals surface area contributed by atoms with Crippen molar-refractivity contribution in [3.63, 3.8) is 0 Å². The predicted octanol–water partition coefficient (Wildman–Crippen LogP) is 2.73. The summed E-state index contributed by atoms with van der Waals surface area (Å²) in [7, 11) is 1.58. The minimum atomic E-state index is -0.380. The maximum atomic E-state index is 9.59. The fourth-order valence-electron chi connectivity index (χ4n) is 2.95. The second-order valence-corrected chi connectivity index (χ2v) is 6.07. The molecule has 1 atom stereocenters. The highest BCUT2D eigenvalue weighted by molar-refractivity contribution is 5.57. The first-order valence-corrected chi connectivity index (χ1v) is 7.93. The number of ether oxygens (including phenoxy) is 3. The number of nitriles is 1. The van der Waals surface area contributed by atoms with E-state index in [1.165, 1.54) is 0 Å². The Kier molecular flexibility index (Phi) is 4.28. The Morgan fingerprint density at radius 1 is 1.36 bits per heavy atom. The van der Waals surface area contributed by atoms with Crippen LogP contribution in [0.5, 0.6) is 17.4 Å². The largest absolute Gasteiger partial charge is 0.493 e. The lowest BCUT2D eigenvalue weighted by Crippen LogP contribution is -2.21. The van der Waals surface area contributed by atoms with Gasteiger partial charge < -0.3 is 19.9 Å². The van der Waals surface area contributed by atoms with Crippen molar-refractivity contribution in [2.45, 2.75) is 32.8 Å². The van der Waals surface area contributed by atoms with Crippen molar-refractivity contribution in [2.75, 3.05) is 7.11 Å². The van der Waals surface area contributed by atoms with Crippen molar-refractivity contribution in [3.8, 4) is 23.4 Å². The molecule has 0 amide bonds. The molecule has 1 aromatic heterocycles. The third kappa shape index (κ3) is 2.87. The van der Waals surface area contributed by atoms with Gasteiger partial charge in [-0.05, 0) is 38.5 Å². The number of methoxy groups -OCH3 is 1. The Morgan fingerprint density at radius 2 is 2.12 bits per heavy atom. The molecule has 2 heterocycles. The SMILES string of the molecule is COc1cc(C2C(C#N)=C(N)Oc3n[nH]c(C)c32)ccc1OC(C)C. The zero-order valence-corrected chi connectivity index (χ0v) is 14.6. The van der Waals surface area contributed by atoms with Crippen LogP contribution in [0.1, 0.15) is 36.6 Å². The lowest BCUT2D eigenvalue weighted by molar-refractivity contribution is 0.230. The van der Waals surface area contributed by atoms with Gasteiger partial charge in [0.05, 0.1) is 19.1 Å². The number of hydrogen-bond donors (Lipinski definition) is 2. The summed E-state index contributed by atoms with van der Waals surface area (Å²) in [5.74, 6) is 1.31. The smallest absolute Gasteiger partial charge is 0.244 e. The summed E-state index contributed by atoms with van der Waals surface area (Å²) < 4.78 is 16.7. The van der Waals surface area contributed by atoms with Crippen molar-refractivity contribution >= 4 is 0 Å². The van der Waals surface area contributed by atoms with Crippen LogP contribution in [0.3, 0.4) is 0 Å². The molecule has 25 heavy (non-hydrogen) atoms. The molecule has 0 spiro atoms. The Bertz CT molecular complexity index is 877. The summed E-state index contributed by atoms with van der Waals surface area (Å²) in [5.41, 5.74) is 8.74. The maximum absolute atomic E-state index is 9.59. The molecule has 0 radical (unpaired) electrons. The second-order valence-electron chi connectivity index (χ2n) is 6.07. The number of allylic oxidation sites excluding steroid dienone is 1. The van der Waals surface area contributed by atoms with Crippen LogP contribution in [0.25, 0.3) is 0 Å². The number of aromatic amines is 1. The van der Waals surface area contributed by atoms with E-state index < -0.39 is 0 Å². The number of hydrogen-bond acceptors (Lipinski definition) is 6. The molecule has 7 nitrogen and oxygen atoms in total. The fraction of sp³-hybridized carbons (Fsp3) is 0.333. The highest BCUT2D eigenvalue weighted by atomic mass is 16.5. The molecule has 0 fully saturated rings. The van der Waals surface area contributed by atoms with E-state index in [-0.39, 0.29) is 17.9 Å². The monoisotopic (exact) mass is 340 g/mol. The van der Waals surface area contributed by atoms with Gasteiger partial charge in [-0.25, -0.2) is 0 Å². The third-order valence-corrected chi connectivity index (χ3v) is 4.01. The molecule has 3 N–H and O–H groups in total. The zero-order valence-electron chi connectivity index (χ0n) is 14.6. The first-order chi connectivity index (χ1) is 12.0. The Morgan fingerprint density at radius 3 is 2.76 bits per heavy atom. The molecule has 3 rings (SSSR count). The summed E-state index contributed by atoms with van der Waals surface area (Å²) in [6.45, 7) is 5.78. The second kappa shape index (κ2) is 6.40. The van der Waals surface area contributed by atoms with Crippen LogP contribution in [-0.4, -0.2) is 23.4 Å². The van der Waals surface area contributed by atoms with Crippen molar-refractivity contribution < 1.29 is 14.2 Å². The standard InChI is InChI=1S/C18H20N4O3/c1-9(2)24-13-6-5-11(7-14(13)23-4)16-12(8-19)17(20)25-18-15(16)10(3)21-22-18/h5-7,9,16H,20H2,1-4H3,(H,21,22). The number of rotatable bonds is 4.